The molecule has 0 spiro atoms. The van der Waals surface area contributed by atoms with Gasteiger partial charge in [-0.15, -0.1) is 0 Å². The van der Waals surface area contributed by atoms with Crippen LogP contribution in [0.4, 0.5) is 4.39 Å². The number of nitrogens with zero attached hydrogens (tertiary/aromatic N) is 2. The van der Waals surface area contributed by atoms with E-state index in [1.807, 2.05) is 18.9 Å². The van der Waals surface area contributed by atoms with Crippen molar-refractivity contribution in [2.24, 2.45) is 5.41 Å². The van der Waals surface area contributed by atoms with Gasteiger partial charge in [0.2, 0.25) is 0 Å². The summed E-state index contributed by atoms with van der Waals surface area (Å²) in [7, 11) is 1.92. The standard InChI is InChI=1S/C16H22FN3O2/c1-16(10-21,11-22)9-20(2)8-13-7-18-19-15(13)12-3-5-14(17)6-4-12/h3-7,21-22H,8-11H2,1-2H3,(H,18,19). The Morgan fingerprint density at radius 2 is 1.86 bits per heavy atom. The van der Waals surface area contributed by atoms with Crippen LogP contribution in [0.5, 0.6) is 0 Å². The van der Waals surface area contributed by atoms with Gasteiger partial charge in [0.15, 0.2) is 0 Å². The molecule has 2 rings (SSSR count). The molecular formula is C16H22FN3O2. The van der Waals surface area contributed by atoms with Crippen molar-refractivity contribution in [3.8, 4) is 11.3 Å². The second-order valence-electron chi connectivity index (χ2n) is 6.08. The quantitative estimate of drug-likeness (QED) is 0.727. The topological polar surface area (TPSA) is 72.4 Å². The number of aliphatic hydroxyl groups excluding tert-OH is 2. The molecule has 0 fully saturated rings. The fourth-order valence-corrected chi connectivity index (χ4v) is 2.45. The lowest BCUT2D eigenvalue weighted by Gasteiger charge is -2.30. The summed E-state index contributed by atoms with van der Waals surface area (Å²) in [5.74, 6) is -0.274. The lowest BCUT2D eigenvalue weighted by Crippen LogP contribution is -2.38. The van der Waals surface area contributed by atoms with Crippen LogP contribution in [0.2, 0.25) is 0 Å². The average molecular weight is 307 g/mol. The van der Waals surface area contributed by atoms with E-state index >= 15 is 0 Å². The number of H-pyrrole nitrogens is 1. The molecule has 0 unspecified atom stereocenters. The fraction of sp³-hybridized carbons (Fsp3) is 0.438. The normalized spacial score (nSPS) is 12.1. The van der Waals surface area contributed by atoms with Crippen molar-refractivity contribution in [2.75, 3.05) is 26.8 Å². The first-order valence-corrected chi connectivity index (χ1v) is 7.16. The Hall–Kier alpha value is -1.76. The molecule has 1 heterocycles. The molecule has 1 aromatic heterocycles. The monoisotopic (exact) mass is 307 g/mol. The zero-order chi connectivity index (χ0) is 16.2. The number of halogens is 1. The van der Waals surface area contributed by atoms with E-state index in [4.69, 9.17) is 0 Å². The predicted octanol–water partition coefficient (Wildman–Crippen LogP) is 1.64. The highest BCUT2D eigenvalue weighted by Gasteiger charge is 2.24. The second-order valence-corrected chi connectivity index (χ2v) is 6.08. The maximum absolute atomic E-state index is 13.0. The van der Waals surface area contributed by atoms with Crippen LogP contribution in [0, 0.1) is 11.2 Å². The fourth-order valence-electron chi connectivity index (χ4n) is 2.45. The maximum atomic E-state index is 13.0. The number of aromatic nitrogens is 2. The zero-order valence-corrected chi connectivity index (χ0v) is 12.9. The van der Waals surface area contributed by atoms with Crippen LogP contribution in [0.1, 0.15) is 12.5 Å². The molecule has 0 radical (unpaired) electrons. The lowest BCUT2D eigenvalue weighted by atomic mass is 9.92. The molecule has 5 nitrogen and oxygen atoms in total. The highest BCUT2D eigenvalue weighted by atomic mass is 19.1. The Morgan fingerprint density at radius 1 is 1.23 bits per heavy atom. The number of aliphatic hydroxyl groups is 2. The summed E-state index contributed by atoms with van der Waals surface area (Å²) in [5.41, 5.74) is 2.15. The molecule has 3 N–H and O–H groups in total. The first-order valence-electron chi connectivity index (χ1n) is 7.16. The second kappa shape index (κ2) is 7.00. The van der Waals surface area contributed by atoms with Gasteiger partial charge in [0.1, 0.15) is 5.82 Å². The van der Waals surface area contributed by atoms with Crippen LogP contribution in [0.15, 0.2) is 30.5 Å². The molecule has 0 aliphatic carbocycles. The number of hydrogen-bond acceptors (Lipinski definition) is 4. The van der Waals surface area contributed by atoms with Crippen molar-refractivity contribution >= 4 is 0 Å². The third kappa shape index (κ3) is 3.91. The number of hydrogen-bond donors (Lipinski definition) is 3. The van der Waals surface area contributed by atoms with Gasteiger partial charge in [-0.25, -0.2) is 4.39 Å². The smallest absolute Gasteiger partial charge is 0.123 e. The van der Waals surface area contributed by atoms with Gasteiger partial charge < -0.3 is 15.1 Å². The van der Waals surface area contributed by atoms with Crippen LogP contribution < -0.4 is 0 Å². The molecule has 0 saturated carbocycles. The third-order valence-electron chi connectivity index (χ3n) is 3.71. The van der Waals surface area contributed by atoms with E-state index < -0.39 is 5.41 Å². The van der Waals surface area contributed by atoms with Gasteiger partial charge in [-0.3, -0.25) is 5.10 Å². The van der Waals surface area contributed by atoms with E-state index in [0.29, 0.717) is 13.1 Å². The van der Waals surface area contributed by atoms with E-state index in [1.165, 1.54) is 12.1 Å². The van der Waals surface area contributed by atoms with Gasteiger partial charge in [0.25, 0.3) is 0 Å². The van der Waals surface area contributed by atoms with Crippen LogP contribution in [0.3, 0.4) is 0 Å². The minimum Gasteiger partial charge on any atom is -0.396 e. The van der Waals surface area contributed by atoms with E-state index in [0.717, 1.165) is 16.8 Å². The summed E-state index contributed by atoms with van der Waals surface area (Å²) in [6, 6.07) is 6.24. The van der Waals surface area contributed by atoms with Crippen molar-refractivity contribution in [3.63, 3.8) is 0 Å². The molecule has 0 atom stereocenters. The van der Waals surface area contributed by atoms with Crippen LogP contribution in [-0.2, 0) is 6.54 Å². The van der Waals surface area contributed by atoms with Crippen LogP contribution >= 0.6 is 0 Å². The van der Waals surface area contributed by atoms with Gasteiger partial charge in [-0.05, 0) is 31.3 Å². The Balaban J connectivity index is 2.11. The molecule has 2 aromatic rings. The number of aromatic amines is 1. The highest BCUT2D eigenvalue weighted by molar-refractivity contribution is 5.62. The van der Waals surface area contributed by atoms with Crippen molar-refractivity contribution in [3.05, 3.63) is 41.8 Å². The predicted molar refractivity (Wildman–Crippen MR) is 82.6 cm³/mol. The molecular weight excluding hydrogens is 285 g/mol. The van der Waals surface area contributed by atoms with E-state index in [-0.39, 0.29) is 19.0 Å². The minimum atomic E-state index is -0.547. The van der Waals surface area contributed by atoms with Crippen LogP contribution in [0.25, 0.3) is 11.3 Å². The number of rotatable bonds is 7. The zero-order valence-electron chi connectivity index (χ0n) is 12.9. The largest absolute Gasteiger partial charge is 0.396 e. The minimum absolute atomic E-state index is 0.0793. The Morgan fingerprint density at radius 3 is 2.45 bits per heavy atom. The molecule has 0 saturated heterocycles. The molecule has 0 aliphatic heterocycles. The summed E-state index contributed by atoms with van der Waals surface area (Å²) in [6.07, 6.45) is 1.74. The van der Waals surface area contributed by atoms with E-state index in [9.17, 15) is 14.6 Å². The Kier molecular flexibility index (Phi) is 5.28. The summed E-state index contributed by atoms with van der Waals surface area (Å²) in [4.78, 5) is 2.02. The number of nitrogens with one attached hydrogen (secondary N) is 1. The number of benzene rings is 1. The summed E-state index contributed by atoms with van der Waals surface area (Å²) in [5, 5.41) is 25.8. The highest BCUT2D eigenvalue weighted by Crippen LogP contribution is 2.23. The van der Waals surface area contributed by atoms with Crippen molar-refractivity contribution in [2.45, 2.75) is 13.5 Å². The maximum Gasteiger partial charge on any atom is 0.123 e. The molecule has 120 valence electrons. The van der Waals surface area contributed by atoms with Gasteiger partial charge in [0.05, 0.1) is 25.1 Å². The average Bonchev–Trinajstić information content (AvgIpc) is 2.95. The van der Waals surface area contributed by atoms with Crippen molar-refractivity contribution in [1.82, 2.24) is 15.1 Å². The Bertz CT molecular complexity index is 594. The summed E-state index contributed by atoms with van der Waals surface area (Å²) in [6.45, 7) is 2.83. The van der Waals surface area contributed by atoms with Gasteiger partial charge in [-0.2, -0.15) is 5.10 Å². The first-order chi connectivity index (χ1) is 10.5. The Labute approximate surface area is 129 Å². The van der Waals surface area contributed by atoms with Crippen molar-refractivity contribution in [1.29, 1.82) is 0 Å². The molecule has 0 bridgehead atoms. The summed E-state index contributed by atoms with van der Waals surface area (Å²) < 4.78 is 13.0. The van der Waals surface area contributed by atoms with Crippen LogP contribution in [-0.4, -0.2) is 52.1 Å². The lowest BCUT2D eigenvalue weighted by molar-refractivity contribution is 0.0402. The van der Waals surface area contributed by atoms with Gasteiger partial charge in [-0.1, -0.05) is 6.92 Å². The van der Waals surface area contributed by atoms with Crippen molar-refractivity contribution < 1.29 is 14.6 Å². The molecule has 1 aromatic carbocycles. The first kappa shape index (κ1) is 16.6. The summed E-state index contributed by atoms with van der Waals surface area (Å²) >= 11 is 0. The molecule has 22 heavy (non-hydrogen) atoms. The van der Waals surface area contributed by atoms with E-state index in [2.05, 4.69) is 10.2 Å². The third-order valence-corrected chi connectivity index (χ3v) is 3.71. The van der Waals surface area contributed by atoms with Gasteiger partial charge in [0, 0.05) is 29.6 Å². The molecule has 6 heteroatoms. The van der Waals surface area contributed by atoms with Gasteiger partial charge >= 0.3 is 0 Å². The SMILES string of the molecule is CN(Cc1cn[nH]c1-c1ccc(F)cc1)CC(C)(CO)CO. The van der Waals surface area contributed by atoms with E-state index in [1.54, 1.807) is 18.3 Å². The molecule has 0 amide bonds. The molecule has 0 aliphatic rings.